The van der Waals surface area contributed by atoms with Crippen molar-refractivity contribution < 1.29 is 9.53 Å². The summed E-state index contributed by atoms with van der Waals surface area (Å²) in [5.41, 5.74) is -0.892. The summed E-state index contributed by atoms with van der Waals surface area (Å²) in [6.45, 7) is 5.86. The molecule has 1 aromatic carbocycles. The molecule has 0 bridgehead atoms. The molecule has 1 fully saturated rings. The van der Waals surface area contributed by atoms with E-state index in [2.05, 4.69) is 12.2 Å². The lowest BCUT2D eigenvalue weighted by molar-refractivity contribution is -0.135. The van der Waals surface area contributed by atoms with Crippen LogP contribution in [0.25, 0.3) is 0 Å². The fourth-order valence-corrected chi connectivity index (χ4v) is 2.73. The van der Waals surface area contributed by atoms with Gasteiger partial charge in [-0.25, -0.2) is 0 Å². The number of hydrogen-bond donors (Lipinski definition) is 1. The highest BCUT2D eigenvalue weighted by Gasteiger charge is 2.32. The maximum atomic E-state index is 12.4. The van der Waals surface area contributed by atoms with Gasteiger partial charge in [0.15, 0.2) is 5.60 Å². The molecule has 1 amide bonds. The van der Waals surface area contributed by atoms with Gasteiger partial charge in [0.05, 0.1) is 0 Å². The molecular formula is C17H24ClNO2. The first kappa shape index (κ1) is 16.2. The van der Waals surface area contributed by atoms with Crippen LogP contribution in [0, 0.1) is 5.92 Å². The highest BCUT2D eigenvalue weighted by atomic mass is 35.5. The lowest BCUT2D eigenvalue weighted by Gasteiger charge is -2.31. The average molecular weight is 310 g/mol. The number of amides is 1. The molecule has 1 saturated carbocycles. The minimum absolute atomic E-state index is 0.0583. The Bertz CT molecular complexity index is 476. The van der Waals surface area contributed by atoms with Crippen molar-refractivity contribution in [3.05, 3.63) is 29.3 Å². The lowest BCUT2D eigenvalue weighted by atomic mass is 9.87. The Labute approximate surface area is 132 Å². The van der Waals surface area contributed by atoms with E-state index in [1.54, 1.807) is 38.1 Å². The monoisotopic (exact) mass is 309 g/mol. The van der Waals surface area contributed by atoms with E-state index in [4.69, 9.17) is 16.3 Å². The zero-order chi connectivity index (χ0) is 15.5. The molecule has 0 saturated heterocycles. The van der Waals surface area contributed by atoms with Crippen molar-refractivity contribution in [3.8, 4) is 5.75 Å². The van der Waals surface area contributed by atoms with E-state index >= 15 is 0 Å². The van der Waals surface area contributed by atoms with Crippen molar-refractivity contribution in [3.63, 3.8) is 0 Å². The van der Waals surface area contributed by atoms with Crippen LogP contribution in [0.15, 0.2) is 24.3 Å². The van der Waals surface area contributed by atoms with Gasteiger partial charge in [0.2, 0.25) is 0 Å². The van der Waals surface area contributed by atoms with Gasteiger partial charge in [-0.15, -0.1) is 0 Å². The Morgan fingerprint density at radius 1 is 1.19 bits per heavy atom. The van der Waals surface area contributed by atoms with E-state index in [1.807, 2.05) is 0 Å². The molecule has 0 aromatic heterocycles. The second-order valence-corrected chi connectivity index (χ2v) is 6.93. The van der Waals surface area contributed by atoms with Crippen molar-refractivity contribution in [1.29, 1.82) is 0 Å². The number of rotatable bonds is 4. The molecule has 0 unspecified atom stereocenters. The van der Waals surface area contributed by atoms with Gasteiger partial charge in [0.25, 0.3) is 5.91 Å². The van der Waals surface area contributed by atoms with Crippen LogP contribution in [0.3, 0.4) is 0 Å². The summed E-state index contributed by atoms with van der Waals surface area (Å²) in [7, 11) is 0. The van der Waals surface area contributed by atoms with Crippen molar-refractivity contribution >= 4 is 17.5 Å². The number of benzene rings is 1. The Balaban J connectivity index is 1.91. The number of carbonyl (C=O) groups excluding carboxylic acids is 1. The molecule has 1 aliphatic rings. The Hall–Kier alpha value is -1.22. The third-order valence-electron chi connectivity index (χ3n) is 4.08. The Morgan fingerprint density at radius 2 is 1.76 bits per heavy atom. The number of halogens is 1. The van der Waals surface area contributed by atoms with Crippen LogP contribution in [-0.2, 0) is 4.79 Å². The molecule has 4 heteroatoms. The summed E-state index contributed by atoms with van der Waals surface area (Å²) in [6.07, 6.45) is 4.49. The smallest absolute Gasteiger partial charge is 0.263 e. The molecule has 0 radical (unpaired) electrons. The minimum Gasteiger partial charge on any atom is -0.478 e. The summed E-state index contributed by atoms with van der Waals surface area (Å²) in [4.78, 5) is 12.4. The normalized spacial score (nSPS) is 22.7. The van der Waals surface area contributed by atoms with E-state index in [-0.39, 0.29) is 11.9 Å². The fraction of sp³-hybridized carbons (Fsp3) is 0.588. The van der Waals surface area contributed by atoms with E-state index < -0.39 is 5.60 Å². The molecule has 116 valence electrons. The summed E-state index contributed by atoms with van der Waals surface area (Å²) < 4.78 is 5.81. The van der Waals surface area contributed by atoms with Gasteiger partial charge in [-0.3, -0.25) is 4.79 Å². The molecule has 1 aromatic rings. The molecule has 3 nitrogen and oxygen atoms in total. The summed E-state index contributed by atoms with van der Waals surface area (Å²) in [5.74, 6) is 1.37. The molecule has 2 rings (SSSR count). The summed E-state index contributed by atoms with van der Waals surface area (Å²) >= 11 is 5.85. The maximum absolute atomic E-state index is 12.4. The van der Waals surface area contributed by atoms with E-state index in [0.29, 0.717) is 10.8 Å². The van der Waals surface area contributed by atoms with Crippen LogP contribution >= 0.6 is 11.6 Å². The first-order valence-electron chi connectivity index (χ1n) is 7.62. The van der Waals surface area contributed by atoms with Crippen molar-refractivity contribution in [2.75, 3.05) is 0 Å². The number of nitrogens with one attached hydrogen (secondary N) is 1. The van der Waals surface area contributed by atoms with Gasteiger partial charge in [-0.05, 0) is 69.7 Å². The number of carbonyl (C=O) groups is 1. The van der Waals surface area contributed by atoms with Gasteiger partial charge >= 0.3 is 0 Å². The largest absolute Gasteiger partial charge is 0.478 e. The van der Waals surface area contributed by atoms with Crippen molar-refractivity contribution in [2.45, 2.75) is 58.1 Å². The zero-order valence-corrected chi connectivity index (χ0v) is 13.7. The SMILES string of the molecule is CC1CCC(NC(=O)C(C)(C)Oc2ccc(Cl)cc2)CC1. The van der Waals surface area contributed by atoms with Gasteiger partial charge in [-0.1, -0.05) is 18.5 Å². The molecule has 0 aliphatic heterocycles. The Morgan fingerprint density at radius 3 is 2.33 bits per heavy atom. The summed E-state index contributed by atoms with van der Waals surface area (Å²) in [6, 6.07) is 7.35. The molecular weight excluding hydrogens is 286 g/mol. The first-order chi connectivity index (χ1) is 9.87. The van der Waals surface area contributed by atoms with Gasteiger partial charge in [0.1, 0.15) is 5.75 Å². The second kappa shape index (κ2) is 6.69. The van der Waals surface area contributed by atoms with Crippen LogP contribution in [0.4, 0.5) is 0 Å². The van der Waals surface area contributed by atoms with E-state index in [1.165, 1.54) is 12.8 Å². The van der Waals surface area contributed by atoms with Crippen molar-refractivity contribution in [2.24, 2.45) is 5.92 Å². The lowest BCUT2D eigenvalue weighted by Crippen LogP contribution is -2.50. The topological polar surface area (TPSA) is 38.3 Å². The molecule has 1 aliphatic carbocycles. The highest BCUT2D eigenvalue weighted by Crippen LogP contribution is 2.25. The zero-order valence-electron chi connectivity index (χ0n) is 13.0. The highest BCUT2D eigenvalue weighted by molar-refractivity contribution is 6.30. The molecule has 0 heterocycles. The quantitative estimate of drug-likeness (QED) is 0.905. The van der Waals surface area contributed by atoms with Crippen LogP contribution in [-0.4, -0.2) is 17.6 Å². The third-order valence-corrected chi connectivity index (χ3v) is 4.34. The number of ether oxygens (including phenoxy) is 1. The third kappa shape index (κ3) is 4.63. The predicted octanol–water partition coefficient (Wildman–Crippen LogP) is 4.19. The summed E-state index contributed by atoms with van der Waals surface area (Å²) in [5, 5.41) is 3.77. The van der Waals surface area contributed by atoms with E-state index in [9.17, 15) is 4.79 Å². The van der Waals surface area contributed by atoms with Gasteiger partial charge in [0, 0.05) is 11.1 Å². The van der Waals surface area contributed by atoms with Crippen molar-refractivity contribution in [1.82, 2.24) is 5.32 Å². The predicted molar refractivity (Wildman–Crippen MR) is 85.7 cm³/mol. The molecule has 0 atom stereocenters. The van der Waals surface area contributed by atoms with Crippen LogP contribution in [0.5, 0.6) is 5.75 Å². The Kier molecular flexibility index (Phi) is 5.15. The molecule has 21 heavy (non-hydrogen) atoms. The standard InChI is InChI=1S/C17H24ClNO2/c1-12-4-8-14(9-5-12)19-16(20)17(2,3)21-15-10-6-13(18)7-11-15/h6-7,10-12,14H,4-5,8-9H2,1-3H3,(H,19,20). The van der Waals surface area contributed by atoms with Crippen LogP contribution in [0.1, 0.15) is 46.5 Å². The van der Waals surface area contributed by atoms with Crippen LogP contribution < -0.4 is 10.1 Å². The molecule has 0 spiro atoms. The van der Waals surface area contributed by atoms with E-state index in [0.717, 1.165) is 18.8 Å². The second-order valence-electron chi connectivity index (χ2n) is 6.50. The van der Waals surface area contributed by atoms with Gasteiger partial charge < -0.3 is 10.1 Å². The van der Waals surface area contributed by atoms with Crippen LogP contribution in [0.2, 0.25) is 5.02 Å². The average Bonchev–Trinajstić information content (AvgIpc) is 2.43. The number of hydrogen-bond acceptors (Lipinski definition) is 2. The fourth-order valence-electron chi connectivity index (χ4n) is 2.61. The molecule has 1 N–H and O–H groups in total. The van der Waals surface area contributed by atoms with Gasteiger partial charge in [-0.2, -0.15) is 0 Å². The maximum Gasteiger partial charge on any atom is 0.263 e. The first-order valence-corrected chi connectivity index (χ1v) is 8.00. The minimum atomic E-state index is -0.892.